The van der Waals surface area contributed by atoms with Crippen molar-refractivity contribution in [2.45, 2.75) is 9.79 Å². The second kappa shape index (κ2) is 7.89. The van der Waals surface area contributed by atoms with Gasteiger partial charge in [0, 0.05) is 0 Å². The first-order valence-corrected chi connectivity index (χ1v) is 11.2. The van der Waals surface area contributed by atoms with Gasteiger partial charge in [0.1, 0.15) is 9.79 Å². The molecule has 2 rings (SSSR count). The van der Waals surface area contributed by atoms with Gasteiger partial charge in [-0.1, -0.05) is 18.2 Å². The molecule has 144 valence electrons. The Hall–Kier alpha value is -2.08. The summed E-state index contributed by atoms with van der Waals surface area (Å²) in [5.74, 6) is -2.74. The number of sulfonamides is 1. The van der Waals surface area contributed by atoms with Gasteiger partial charge in [0.15, 0.2) is 15.7 Å². The van der Waals surface area contributed by atoms with Gasteiger partial charge in [0.2, 0.25) is 10.0 Å². The number of hydrogen-bond donors (Lipinski definition) is 2. The van der Waals surface area contributed by atoms with Gasteiger partial charge in [0.25, 0.3) is 5.91 Å². The number of rotatable bonds is 6. The minimum absolute atomic E-state index is 0.147. The number of hydrogen-bond acceptors (Lipinski definition) is 5. The molecule has 0 unspecified atom stereocenters. The van der Waals surface area contributed by atoms with E-state index in [1.165, 1.54) is 30.3 Å². The molecule has 0 aliphatic rings. The van der Waals surface area contributed by atoms with Crippen LogP contribution in [-0.4, -0.2) is 28.5 Å². The number of anilines is 1. The second-order valence-corrected chi connectivity index (χ2v) is 9.66. The highest BCUT2D eigenvalue weighted by Crippen LogP contribution is 2.29. The van der Waals surface area contributed by atoms with E-state index >= 15 is 0 Å². The molecule has 7 nitrogen and oxygen atoms in total. The molecule has 0 saturated heterocycles. The summed E-state index contributed by atoms with van der Waals surface area (Å²) in [7, 11) is -8.35. The molecule has 0 aliphatic heterocycles. The zero-order valence-electron chi connectivity index (χ0n) is 13.6. The molecule has 0 spiro atoms. The average molecular weight is 477 g/mol. The first kappa shape index (κ1) is 21.2. The van der Waals surface area contributed by atoms with Gasteiger partial charge in [-0.15, -0.1) is 6.58 Å². The predicted molar refractivity (Wildman–Crippen MR) is 102 cm³/mol. The van der Waals surface area contributed by atoms with Gasteiger partial charge in [-0.05, 0) is 40.2 Å². The van der Waals surface area contributed by atoms with E-state index in [-0.39, 0.29) is 15.1 Å². The van der Waals surface area contributed by atoms with Crippen molar-refractivity contribution in [3.8, 4) is 0 Å². The zero-order chi connectivity index (χ0) is 20.4. The largest absolute Gasteiger partial charge is 0.321 e. The zero-order valence-corrected chi connectivity index (χ0v) is 16.9. The standard InChI is InChI=1S/C16H14BrFN2O5S2/c1-2-9-26(22,23)15-10(7-8-11(17)14(15)18)16(21)20-12-5-3-4-6-13(12)27(19,24)25/h2-8H,1,9H2,(H,20,21)(H2,19,24,25). The van der Waals surface area contributed by atoms with E-state index in [0.717, 1.165) is 12.1 Å². The van der Waals surface area contributed by atoms with E-state index in [1.54, 1.807) is 0 Å². The number of carbonyl (C=O) groups is 1. The lowest BCUT2D eigenvalue weighted by atomic mass is 10.2. The molecule has 0 atom stereocenters. The molecule has 27 heavy (non-hydrogen) atoms. The molecule has 0 bridgehead atoms. The maximum Gasteiger partial charge on any atom is 0.257 e. The molecular formula is C16H14BrFN2O5S2. The molecule has 11 heteroatoms. The highest BCUT2D eigenvalue weighted by molar-refractivity contribution is 9.10. The third kappa shape index (κ3) is 4.61. The summed E-state index contributed by atoms with van der Waals surface area (Å²) < 4.78 is 62.4. The highest BCUT2D eigenvalue weighted by atomic mass is 79.9. The van der Waals surface area contributed by atoms with Crippen molar-refractivity contribution in [3.63, 3.8) is 0 Å². The van der Waals surface area contributed by atoms with Crippen LogP contribution in [0.2, 0.25) is 0 Å². The number of nitrogens with two attached hydrogens (primary N) is 1. The van der Waals surface area contributed by atoms with E-state index in [9.17, 15) is 26.0 Å². The van der Waals surface area contributed by atoms with Crippen molar-refractivity contribution >= 4 is 47.4 Å². The van der Waals surface area contributed by atoms with Crippen molar-refractivity contribution in [1.82, 2.24) is 0 Å². The molecule has 2 aromatic rings. The maximum absolute atomic E-state index is 14.5. The molecule has 1 amide bonds. The van der Waals surface area contributed by atoms with Crippen molar-refractivity contribution in [1.29, 1.82) is 0 Å². The molecule has 0 fully saturated rings. The van der Waals surface area contributed by atoms with Crippen LogP contribution in [0.25, 0.3) is 0 Å². The smallest absolute Gasteiger partial charge is 0.257 e. The number of amides is 1. The average Bonchev–Trinajstić information content (AvgIpc) is 2.56. The van der Waals surface area contributed by atoms with Crippen LogP contribution in [0.15, 0.2) is 63.3 Å². The molecule has 0 heterocycles. The Morgan fingerprint density at radius 2 is 1.81 bits per heavy atom. The normalized spacial score (nSPS) is 11.8. The van der Waals surface area contributed by atoms with Crippen LogP contribution >= 0.6 is 15.9 Å². The summed E-state index contributed by atoms with van der Waals surface area (Å²) in [5, 5.41) is 7.37. The van der Waals surface area contributed by atoms with E-state index in [4.69, 9.17) is 5.14 Å². The van der Waals surface area contributed by atoms with Crippen LogP contribution in [0.5, 0.6) is 0 Å². The van der Waals surface area contributed by atoms with E-state index < -0.39 is 47.8 Å². The third-order valence-corrected chi connectivity index (χ3v) is 6.66. The van der Waals surface area contributed by atoms with Gasteiger partial charge >= 0.3 is 0 Å². The van der Waals surface area contributed by atoms with Crippen molar-refractivity contribution in [2.24, 2.45) is 5.14 Å². The first-order chi connectivity index (χ1) is 12.5. The van der Waals surface area contributed by atoms with Gasteiger partial charge in [0.05, 0.1) is 21.5 Å². The number of primary sulfonamides is 1. The third-order valence-electron chi connectivity index (χ3n) is 3.38. The number of nitrogens with one attached hydrogen (secondary N) is 1. The molecule has 0 radical (unpaired) electrons. The molecular weight excluding hydrogens is 463 g/mol. The van der Waals surface area contributed by atoms with Crippen molar-refractivity contribution in [2.75, 3.05) is 11.1 Å². The van der Waals surface area contributed by atoms with Gasteiger partial charge in [-0.2, -0.15) is 0 Å². The summed E-state index contributed by atoms with van der Waals surface area (Å²) in [4.78, 5) is 11.4. The van der Waals surface area contributed by atoms with Crippen LogP contribution in [0.1, 0.15) is 10.4 Å². The lowest BCUT2D eigenvalue weighted by molar-refractivity contribution is 0.102. The molecule has 0 aromatic heterocycles. The number of halogens is 2. The molecule has 0 aliphatic carbocycles. The summed E-state index contributed by atoms with van der Waals surface area (Å²) in [6, 6.07) is 7.56. The number of benzene rings is 2. The molecule has 0 saturated carbocycles. The monoisotopic (exact) mass is 476 g/mol. The van der Waals surface area contributed by atoms with Crippen LogP contribution < -0.4 is 10.5 Å². The van der Waals surface area contributed by atoms with Crippen LogP contribution in [-0.2, 0) is 19.9 Å². The Morgan fingerprint density at radius 3 is 2.41 bits per heavy atom. The Bertz CT molecular complexity index is 1130. The molecule has 3 N–H and O–H groups in total. The van der Waals surface area contributed by atoms with Gasteiger partial charge in [-0.3, -0.25) is 4.79 Å². The fourth-order valence-corrected chi connectivity index (χ4v) is 4.77. The second-order valence-electron chi connectivity index (χ2n) is 5.30. The lowest BCUT2D eigenvalue weighted by Crippen LogP contribution is -2.21. The Labute approximate surface area is 164 Å². The van der Waals surface area contributed by atoms with Gasteiger partial charge < -0.3 is 5.32 Å². The Kier molecular flexibility index (Phi) is 6.20. The molecule has 2 aromatic carbocycles. The summed E-state index contributed by atoms with van der Waals surface area (Å²) >= 11 is 2.88. The van der Waals surface area contributed by atoms with E-state index in [0.29, 0.717) is 0 Å². The minimum Gasteiger partial charge on any atom is -0.321 e. The predicted octanol–water partition coefficient (Wildman–Crippen LogP) is 2.45. The van der Waals surface area contributed by atoms with Crippen molar-refractivity contribution < 1.29 is 26.0 Å². The quantitative estimate of drug-likeness (QED) is 0.619. The highest BCUT2D eigenvalue weighted by Gasteiger charge is 2.28. The van der Waals surface area contributed by atoms with Crippen LogP contribution in [0.4, 0.5) is 10.1 Å². The fraction of sp³-hybridized carbons (Fsp3) is 0.0625. The summed E-state index contributed by atoms with van der Waals surface area (Å²) in [6.07, 6.45) is 1.06. The SMILES string of the molecule is C=CCS(=O)(=O)c1c(C(=O)Nc2ccccc2S(N)(=O)=O)ccc(Br)c1F. The lowest BCUT2D eigenvalue weighted by Gasteiger charge is -2.13. The Morgan fingerprint density at radius 1 is 1.19 bits per heavy atom. The van der Waals surface area contributed by atoms with Crippen molar-refractivity contribution in [3.05, 3.63) is 64.9 Å². The van der Waals surface area contributed by atoms with E-state index in [1.807, 2.05) is 0 Å². The summed E-state index contributed by atoms with van der Waals surface area (Å²) in [5.41, 5.74) is -0.651. The van der Waals surface area contributed by atoms with Crippen LogP contribution in [0.3, 0.4) is 0 Å². The Balaban J connectivity index is 2.60. The number of para-hydroxylation sites is 1. The van der Waals surface area contributed by atoms with E-state index in [2.05, 4.69) is 27.8 Å². The number of carbonyl (C=O) groups excluding carboxylic acids is 1. The maximum atomic E-state index is 14.5. The van der Waals surface area contributed by atoms with Gasteiger partial charge in [-0.25, -0.2) is 26.4 Å². The van der Waals surface area contributed by atoms with Crippen LogP contribution in [0, 0.1) is 5.82 Å². The fourth-order valence-electron chi connectivity index (χ4n) is 2.26. The first-order valence-electron chi connectivity index (χ1n) is 7.24. The minimum atomic E-state index is -4.20. The number of sulfone groups is 1. The topological polar surface area (TPSA) is 123 Å². The summed E-state index contributed by atoms with van der Waals surface area (Å²) in [6.45, 7) is 3.31.